The van der Waals surface area contributed by atoms with Crippen LogP contribution in [0.2, 0.25) is 0 Å². The third-order valence-electron chi connectivity index (χ3n) is 1.79. The van der Waals surface area contributed by atoms with Crippen molar-refractivity contribution in [3.8, 4) is 0 Å². The number of aliphatic hydroxyl groups excluding tert-OH is 1. The normalized spacial score (nSPS) is 17.9. The Balaban J connectivity index is 4.43. The Hall–Kier alpha value is -0.170. The Morgan fingerprint density at radius 1 is 1.21 bits per heavy atom. The molecule has 0 amide bonds. The summed E-state index contributed by atoms with van der Waals surface area (Å²) in [6.45, 7) is 5.36. The van der Waals surface area contributed by atoms with Gasteiger partial charge in [-0.3, -0.25) is 0 Å². The smallest absolute Gasteiger partial charge is 0.216 e. The van der Waals surface area contributed by atoms with Gasteiger partial charge in [-0.15, -0.1) is 0 Å². The first kappa shape index (κ1) is 13.8. The van der Waals surface area contributed by atoms with Gasteiger partial charge in [-0.05, 0) is 27.7 Å². The second-order valence-electron chi connectivity index (χ2n) is 4.59. The van der Waals surface area contributed by atoms with E-state index in [0.717, 1.165) is 0 Å². The highest BCUT2D eigenvalue weighted by molar-refractivity contribution is 7.90. The molecule has 0 fully saturated rings. The van der Waals surface area contributed by atoms with Crippen LogP contribution in [-0.4, -0.2) is 42.1 Å². The van der Waals surface area contributed by atoms with E-state index in [9.17, 15) is 13.5 Å². The number of nitrogens with one attached hydrogen (secondary N) is 1. The van der Waals surface area contributed by atoms with E-state index in [-0.39, 0.29) is 6.54 Å². The number of rotatable bonds is 4. The van der Waals surface area contributed by atoms with Crippen LogP contribution in [0, 0.1) is 0 Å². The van der Waals surface area contributed by atoms with E-state index in [4.69, 9.17) is 5.11 Å². The van der Waals surface area contributed by atoms with Gasteiger partial charge in [0, 0.05) is 6.54 Å². The lowest BCUT2D eigenvalue weighted by atomic mass is 10.1. The zero-order chi connectivity index (χ0) is 11.6. The van der Waals surface area contributed by atoms with Gasteiger partial charge in [-0.2, -0.15) is 0 Å². The summed E-state index contributed by atoms with van der Waals surface area (Å²) >= 11 is 0. The topological polar surface area (TPSA) is 86.6 Å². The predicted molar refractivity (Wildman–Crippen MR) is 54.4 cm³/mol. The van der Waals surface area contributed by atoms with Crippen molar-refractivity contribution in [1.82, 2.24) is 4.72 Å². The largest absolute Gasteiger partial charge is 0.393 e. The second-order valence-corrected chi connectivity index (χ2v) is 7.11. The van der Waals surface area contributed by atoms with Crippen molar-refractivity contribution in [2.45, 2.75) is 38.0 Å². The highest BCUT2D eigenvalue weighted by Crippen LogP contribution is 2.13. The van der Waals surface area contributed by atoms with Crippen LogP contribution in [-0.2, 0) is 10.0 Å². The molecule has 0 radical (unpaired) electrons. The number of aliphatic hydroxyl groups is 2. The van der Waals surface area contributed by atoms with Gasteiger partial charge < -0.3 is 10.2 Å². The fourth-order valence-corrected chi connectivity index (χ4v) is 1.46. The first-order valence-electron chi connectivity index (χ1n) is 4.34. The molecule has 0 aliphatic carbocycles. The van der Waals surface area contributed by atoms with Crippen LogP contribution in [0.1, 0.15) is 27.7 Å². The molecule has 0 aromatic rings. The quantitative estimate of drug-likeness (QED) is 0.599. The second kappa shape index (κ2) is 4.14. The molecule has 0 aromatic heterocycles. The monoisotopic (exact) mass is 225 g/mol. The lowest BCUT2D eigenvalue weighted by molar-refractivity contribution is 0.00673. The summed E-state index contributed by atoms with van der Waals surface area (Å²) in [7, 11) is -3.46. The Morgan fingerprint density at radius 2 is 1.64 bits per heavy atom. The molecular weight excluding hydrogens is 206 g/mol. The van der Waals surface area contributed by atoms with E-state index in [1.54, 1.807) is 20.8 Å². The first-order chi connectivity index (χ1) is 6.02. The molecule has 0 aromatic carbocycles. The molecule has 14 heavy (non-hydrogen) atoms. The summed E-state index contributed by atoms with van der Waals surface area (Å²) in [5.41, 5.74) is -1.42. The molecular formula is C8H19NO4S. The van der Waals surface area contributed by atoms with Crippen molar-refractivity contribution in [3.05, 3.63) is 0 Å². The van der Waals surface area contributed by atoms with Crippen LogP contribution >= 0.6 is 0 Å². The van der Waals surface area contributed by atoms with Crippen molar-refractivity contribution in [2.24, 2.45) is 0 Å². The molecule has 86 valence electrons. The molecule has 0 aliphatic rings. The summed E-state index contributed by atoms with van der Waals surface area (Å²) in [4.78, 5) is 0. The molecule has 0 heterocycles. The molecule has 0 spiro atoms. The van der Waals surface area contributed by atoms with E-state index >= 15 is 0 Å². The van der Waals surface area contributed by atoms with Crippen molar-refractivity contribution < 1.29 is 18.6 Å². The van der Waals surface area contributed by atoms with Crippen LogP contribution in [0.5, 0.6) is 0 Å². The first-order valence-corrected chi connectivity index (χ1v) is 5.83. The SMILES string of the molecule is CC(O)(CO)CNS(=O)(=O)C(C)(C)C. The zero-order valence-corrected chi connectivity index (χ0v) is 9.85. The molecule has 5 nitrogen and oxygen atoms in total. The average Bonchev–Trinajstić information content (AvgIpc) is 1.99. The Labute approximate surface area is 85.2 Å². The lowest BCUT2D eigenvalue weighted by Crippen LogP contribution is -2.48. The maximum atomic E-state index is 11.5. The highest BCUT2D eigenvalue weighted by Gasteiger charge is 2.31. The van der Waals surface area contributed by atoms with Crippen LogP contribution in [0.15, 0.2) is 0 Å². The standard InChI is InChI=1S/C8H19NO4S/c1-7(2,3)14(12,13)9-5-8(4,11)6-10/h9-11H,5-6H2,1-4H3. The highest BCUT2D eigenvalue weighted by atomic mass is 32.2. The molecule has 1 atom stereocenters. The minimum absolute atomic E-state index is 0.191. The van der Waals surface area contributed by atoms with Gasteiger partial charge in [0.15, 0.2) is 0 Å². The van der Waals surface area contributed by atoms with Crippen molar-refractivity contribution in [3.63, 3.8) is 0 Å². The predicted octanol–water partition coefficient (Wildman–Crippen LogP) is -0.552. The van der Waals surface area contributed by atoms with Crippen LogP contribution < -0.4 is 4.72 Å². The molecule has 0 aliphatic heterocycles. The molecule has 0 saturated carbocycles. The molecule has 3 N–H and O–H groups in total. The Morgan fingerprint density at radius 3 is 1.93 bits per heavy atom. The minimum atomic E-state index is -3.46. The van der Waals surface area contributed by atoms with Crippen molar-refractivity contribution in [2.75, 3.05) is 13.2 Å². The fraction of sp³-hybridized carbons (Fsp3) is 1.00. The molecule has 0 rings (SSSR count). The maximum Gasteiger partial charge on any atom is 0.216 e. The summed E-state index contributed by atoms with van der Waals surface area (Å²) in [6.07, 6.45) is 0. The minimum Gasteiger partial charge on any atom is -0.393 e. The lowest BCUT2D eigenvalue weighted by Gasteiger charge is -2.25. The average molecular weight is 225 g/mol. The van der Waals surface area contributed by atoms with Crippen molar-refractivity contribution >= 4 is 10.0 Å². The van der Waals surface area contributed by atoms with Crippen molar-refractivity contribution in [1.29, 1.82) is 0 Å². The van der Waals surface area contributed by atoms with E-state index in [0.29, 0.717) is 0 Å². The molecule has 0 saturated heterocycles. The molecule has 6 heteroatoms. The summed E-state index contributed by atoms with van der Waals surface area (Å²) in [6, 6.07) is 0. The van der Waals surface area contributed by atoms with Gasteiger partial charge in [0.05, 0.1) is 17.0 Å². The van der Waals surface area contributed by atoms with Gasteiger partial charge in [0.1, 0.15) is 0 Å². The van der Waals surface area contributed by atoms with Crippen LogP contribution in [0.25, 0.3) is 0 Å². The third kappa shape index (κ3) is 3.91. The van der Waals surface area contributed by atoms with E-state index in [2.05, 4.69) is 4.72 Å². The van der Waals surface area contributed by atoms with E-state index in [1.807, 2.05) is 0 Å². The van der Waals surface area contributed by atoms with Gasteiger partial charge in [0.25, 0.3) is 0 Å². The van der Waals surface area contributed by atoms with Crippen LogP contribution in [0.4, 0.5) is 0 Å². The Kier molecular flexibility index (Phi) is 4.09. The number of hydrogen-bond donors (Lipinski definition) is 3. The number of sulfonamides is 1. The third-order valence-corrected chi connectivity index (χ3v) is 3.93. The van der Waals surface area contributed by atoms with Gasteiger partial charge in [0.2, 0.25) is 10.0 Å². The maximum absolute atomic E-state index is 11.5. The summed E-state index contributed by atoms with van der Waals surface area (Å²) < 4.78 is 24.4. The molecule has 0 bridgehead atoms. The number of hydrogen-bond acceptors (Lipinski definition) is 4. The van der Waals surface area contributed by atoms with E-state index in [1.165, 1.54) is 6.92 Å². The Bertz CT molecular complexity index is 276. The van der Waals surface area contributed by atoms with Gasteiger partial charge in [-0.1, -0.05) is 0 Å². The van der Waals surface area contributed by atoms with Gasteiger partial charge >= 0.3 is 0 Å². The summed E-state index contributed by atoms with van der Waals surface area (Å²) in [5, 5.41) is 18.1. The molecule has 1 unspecified atom stereocenters. The summed E-state index contributed by atoms with van der Waals surface area (Å²) in [5.74, 6) is 0. The van der Waals surface area contributed by atoms with Crippen LogP contribution in [0.3, 0.4) is 0 Å². The fourth-order valence-electron chi connectivity index (χ4n) is 0.523. The zero-order valence-electron chi connectivity index (χ0n) is 9.03. The van der Waals surface area contributed by atoms with E-state index < -0.39 is 27.0 Å². The van der Waals surface area contributed by atoms with Gasteiger partial charge in [-0.25, -0.2) is 13.1 Å².